The van der Waals surface area contributed by atoms with E-state index in [1.54, 1.807) is 11.8 Å². The van der Waals surface area contributed by atoms with Gasteiger partial charge < -0.3 is 9.52 Å². The van der Waals surface area contributed by atoms with E-state index in [1.165, 1.54) is 23.5 Å². The molecular formula is C25H16F3NO3S2. The molecule has 9 heteroatoms. The minimum absolute atomic E-state index is 0.00124. The predicted octanol–water partition coefficient (Wildman–Crippen LogP) is 7.65. The number of hydrogen-bond acceptors (Lipinski definition) is 5. The summed E-state index contributed by atoms with van der Waals surface area (Å²) in [5, 5.41) is 11.9. The largest absolute Gasteiger partial charge is 0.481 e. The maximum atomic E-state index is 12.8. The van der Waals surface area contributed by atoms with Crippen molar-refractivity contribution in [2.24, 2.45) is 0 Å². The van der Waals surface area contributed by atoms with Crippen LogP contribution >= 0.6 is 23.1 Å². The number of rotatable bonds is 6. The van der Waals surface area contributed by atoms with E-state index in [-0.39, 0.29) is 12.3 Å². The highest BCUT2D eigenvalue weighted by Crippen LogP contribution is 2.35. The van der Waals surface area contributed by atoms with Gasteiger partial charge in [0.1, 0.15) is 5.52 Å². The van der Waals surface area contributed by atoms with Crippen molar-refractivity contribution < 1.29 is 27.5 Å². The Balaban J connectivity index is 1.37. The molecule has 2 heterocycles. The van der Waals surface area contributed by atoms with Gasteiger partial charge in [-0.25, -0.2) is 4.98 Å². The summed E-state index contributed by atoms with van der Waals surface area (Å²) >= 11 is 3.14. The highest BCUT2D eigenvalue weighted by Gasteiger charge is 2.30. The molecule has 0 fully saturated rings. The average Bonchev–Trinajstić information content (AvgIpc) is 3.41. The predicted molar refractivity (Wildman–Crippen MR) is 127 cm³/mol. The lowest BCUT2D eigenvalue weighted by Gasteiger charge is -2.06. The fourth-order valence-electron chi connectivity index (χ4n) is 3.66. The van der Waals surface area contributed by atoms with Crippen molar-refractivity contribution in [1.82, 2.24) is 4.98 Å². The van der Waals surface area contributed by atoms with E-state index in [9.17, 15) is 18.0 Å². The van der Waals surface area contributed by atoms with E-state index in [1.807, 2.05) is 41.8 Å². The highest BCUT2D eigenvalue weighted by atomic mass is 32.2. The van der Waals surface area contributed by atoms with Crippen molar-refractivity contribution in [2.75, 3.05) is 0 Å². The first-order valence-corrected chi connectivity index (χ1v) is 12.1. The summed E-state index contributed by atoms with van der Waals surface area (Å²) < 4.78 is 45.5. The van der Waals surface area contributed by atoms with Crippen LogP contribution in [0.2, 0.25) is 0 Å². The molecule has 172 valence electrons. The van der Waals surface area contributed by atoms with E-state index >= 15 is 0 Å². The maximum absolute atomic E-state index is 12.8. The first-order valence-electron chi connectivity index (χ1n) is 10.2. The monoisotopic (exact) mass is 499 g/mol. The summed E-state index contributed by atoms with van der Waals surface area (Å²) in [7, 11) is 0. The van der Waals surface area contributed by atoms with Gasteiger partial charge in [-0.3, -0.25) is 4.79 Å². The molecule has 2 aromatic heterocycles. The summed E-state index contributed by atoms with van der Waals surface area (Å²) in [6.07, 6.45) is -4.39. The number of thioether (sulfide) groups is 1. The lowest BCUT2D eigenvalue weighted by molar-refractivity contribution is -0.138. The number of alkyl halides is 3. The molecule has 4 nitrogen and oxygen atoms in total. The molecule has 0 aliphatic rings. The number of hydrogen-bond donors (Lipinski definition) is 1. The number of halogens is 3. The molecule has 0 amide bonds. The number of fused-ring (bicyclic) bond motifs is 2. The van der Waals surface area contributed by atoms with Crippen LogP contribution in [0, 0.1) is 0 Å². The Labute approximate surface area is 200 Å². The number of aliphatic carboxylic acids is 1. The molecule has 5 aromatic rings. The van der Waals surface area contributed by atoms with Gasteiger partial charge in [0.2, 0.25) is 5.89 Å². The lowest BCUT2D eigenvalue weighted by atomic mass is 10.1. The zero-order valence-electron chi connectivity index (χ0n) is 17.4. The number of carbonyl (C=O) groups is 1. The Kier molecular flexibility index (Phi) is 5.83. The van der Waals surface area contributed by atoms with Crippen LogP contribution in [0.3, 0.4) is 0 Å². The van der Waals surface area contributed by atoms with Gasteiger partial charge in [0.15, 0.2) is 5.58 Å². The van der Waals surface area contributed by atoms with Gasteiger partial charge in [0, 0.05) is 26.5 Å². The molecule has 0 atom stereocenters. The second-order valence-electron chi connectivity index (χ2n) is 7.64. The number of carboxylic acids is 1. The van der Waals surface area contributed by atoms with Gasteiger partial charge in [0.05, 0.1) is 12.0 Å². The van der Waals surface area contributed by atoms with Gasteiger partial charge in [-0.05, 0) is 58.8 Å². The lowest BCUT2D eigenvalue weighted by Crippen LogP contribution is -2.03. The van der Waals surface area contributed by atoms with Gasteiger partial charge >= 0.3 is 12.1 Å². The molecule has 5 rings (SSSR count). The normalized spacial score (nSPS) is 12.0. The number of benzene rings is 3. The van der Waals surface area contributed by atoms with Crippen molar-refractivity contribution in [3.05, 3.63) is 82.7 Å². The smallest absolute Gasteiger partial charge is 0.416 e. The van der Waals surface area contributed by atoms with Crippen molar-refractivity contribution in [3.63, 3.8) is 0 Å². The standard InChI is InChI=1S/C25H16F3NO3S2/c26-25(27,28)17-6-4-14(5-7-17)24-29-20-3-1-2-15(23(20)32-24)12-33-18-8-9-19-16(10-22(30)31)13-34-21(19)11-18/h1-9,11,13H,10,12H2,(H,30,31). The molecule has 34 heavy (non-hydrogen) atoms. The van der Waals surface area contributed by atoms with Gasteiger partial charge in [-0.2, -0.15) is 13.2 Å². The van der Waals surface area contributed by atoms with Crippen LogP contribution in [-0.2, 0) is 23.1 Å². The summed E-state index contributed by atoms with van der Waals surface area (Å²) in [4.78, 5) is 16.5. The van der Waals surface area contributed by atoms with Crippen LogP contribution in [0.15, 0.2) is 75.4 Å². The molecule has 1 N–H and O–H groups in total. The molecule has 0 unspecified atom stereocenters. The molecule has 3 aromatic carbocycles. The SMILES string of the molecule is O=C(O)Cc1csc2cc(SCc3cccc4nc(-c5ccc(C(F)(F)F)cc5)oc34)ccc12. The van der Waals surface area contributed by atoms with Crippen LogP contribution in [-0.4, -0.2) is 16.1 Å². The highest BCUT2D eigenvalue weighted by molar-refractivity contribution is 7.98. The van der Waals surface area contributed by atoms with Crippen LogP contribution in [0.4, 0.5) is 13.2 Å². The molecule has 0 saturated carbocycles. The minimum atomic E-state index is -4.39. The Hall–Kier alpha value is -3.30. The number of aromatic nitrogens is 1. The van der Waals surface area contributed by atoms with Gasteiger partial charge in [-0.15, -0.1) is 23.1 Å². The molecule has 0 spiro atoms. The third-order valence-corrected chi connectivity index (χ3v) is 7.36. The molecule has 0 saturated heterocycles. The Morgan fingerprint density at radius 1 is 1.06 bits per heavy atom. The summed E-state index contributed by atoms with van der Waals surface area (Å²) in [6, 6.07) is 16.3. The quantitative estimate of drug-likeness (QED) is 0.243. The van der Waals surface area contributed by atoms with E-state index < -0.39 is 17.7 Å². The van der Waals surface area contributed by atoms with Crippen molar-refractivity contribution in [2.45, 2.75) is 23.2 Å². The van der Waals surface area contributed by atoms with Crippen molar-refractivity contribution in [3.8, 4) is 11.5 Å². The third-order valence-electron chi connectivity index (χ3n) is 5.32. The Morgan fingerprint density at radius 3 is 2.59 bits per heavy atom. The fourth-order valence-corrected chi connectivity index (χ4v) is 5.65. The van der Waals surface area contributed by atoms with Crippen LogP contribution in [0.25, 0.3) is 32.6 Å². The number of para-hydroxylation sites is 1. The molecule has 0 bridgehead atoms. The third kappa shape index (κ3) is 4.53. The second kappa shape index (κ2) is 8.81. The second-order valence-corrected chi connectivity index (χ2v) is 9.60. The fraction of sp³-hybridized carbons (Fsp3) is 0.120. The molecule has 0 aliphatic carbocycles. The molecule has 0 aliphatic heterocycles. The van der Waals surface area contributed by atoms with E-state index in [2.05, 4.69) is 4.98 Å². The van der Waals surface area contributed by atoms with Gasteiger partial charge in [0.25, 0.3) is 0 Å². The Bertz CT molecular complexity index is 1500. The van der Waals surface area contributed by atoms with E-state index in [0.29, 0.717) is 22.4 Å². The number of nitrogens with zero attached hydrogens (tertiary/aromatic N) is 1. The zero-order valence-corrected chi connectivity index (χ0v) is 19.1. The first-order chi connectivity index (χ1) is 16.3. The molecule has 0 radical (unpaired) electrons. The minimum Gasteiger partial charge on any atom is -0.481 e. The van der Waals surface area contributed by atoms with Crippen molar-refractivity contribution in [1.29, 1.82) is 0 Å². The number of oxazole rings is 1. The first kappa shape index (κ1) is 22.5. The Morgan fingerprint density at radius 2 is 1.85 bits per heavy atom. The van der Waals surface area contributed by atoms with Crippen molar-refractivity contribution >= 4 is 50.3 Å². The topological polar surface area (TPSA) is 63.3 Å². The van der Waals surface area contributed by atoms with Crippen LogP contribution in [0.1, 0.15) is 16.7 Å². The van der Waals surface area contributed by atoms with E-state index in [0.717, 1.165) is 38.2 Å². The summed E-state index contributed by atoms with van der Waals surface area (Å²) in [5.74, 6) is 0.0267. The number of thiophene rings is 1. The zero-order chi connectivity index (χ0) is 23.9. The van der Waals surface area contributed by atoms with Gasteiger partial charge in [-0.1, -0.05) is 18.2 Å². The van der Waals surface area contributed by atoms with E-state index in [4.69, 9.17) is 9.52 Å². The summed E-state index contributed by atoms with van der Waals surface area (Å²) in [5.41, 5.74) is 2.73. The summed E-state index contributed by atoms with van der Waals surface area (Å²) in [6.45, 7) is 0. The average molecular weight is 500 g/mol. The molecular weight excluding hydrogens is 483 g/mol. The maximum Gasteiger partial charge on any atom is 0.416 e. The number of carboxylic acid groups (broad SMARTS) is 1. The van der Waals surface area contributed by atoms with Crippen LogP contribution < -0.4 is 0 Å². The van der Waals surface area contributed by atoms with Crippen LogP contribution in [0.5, 0.6) is 0 Å².